The molecular weight excluding hydrogens is 336 g/mol. The molecule has 2 heterocycles. The van der Waals surface area contributed by atoms with Crippen LogP contribution < -0.4 is 15.2 Å². The van der Waals surface area contributed by atoms with E-state index >= 15 is 0 Å². The van der Waals surface area contributed by atoms with E-state index in [9.17, 15) is 4.79 Å². The molecule has 2 aliphatic heterocycles. The predicted molar refractivity (Wildman–Crippen MR) is 83.3 cm³/mol. The molecule has 112 valence electrons. The van der Waals surface area contributed by atoms with Crippen molar-refractivity contribution in [2.45, 2.75) is 12.5 Å². The predicted octanol–water partition coefficient (Wildman–Crippen LogP) is 1.79. The van der Waals surface area contributed by atoms with Crippen molar-refractivity contribution in [2.24, 2.45) is 5.73 Å². The molecule has 5 nitrogen and oxygen atoms in total. The van der Waals surface area contributed by atoms with Crippen LogP contribution in [0, 0.1) is 0 Å². The monoisotopic (exact) mass is 352 g/mol. The lowest BCUT2D eigenvalue weighted by Gasteiger charge is -2.20. The first-order chi connectivity index (χ1) is 10.1. The molecule has 1 amide bonds. The van der Waals surface area contributed by atoms with Crippen LogP contribution in [0.2, 0.25) is 0 Å². The van der Waals surface area contributed by atoms with Gasteiger partial charge in [-0.2, -0.15) is 0 Å². The maximum atomic E-state index is 12.1. The molecule has 0 spiro atoms. The maximum Gasteiger partial charge on any atom is 0.246 e. The first kappa shape index (κ1) is 14.4. The van der Waals surface area contributed by atoms with E-state index in [1.54, 1.807) is 17.1 Å². The zero-order valence-electron chi connectivity index (χ0n) is 11.5. The number of nitrogens with two attached hydrogens (primary N) is 1. The third-order valence-corrected chi connectivity index (χ3v) is 4.16. The molecule has 1 fully saturated rings. The number of likely N-dealkylation sites (tertiary alicyclic amines) is 1. The molecule has 0 bridgehead atoms. The van der Waals surface area contributed by atoms with Gasteiger partial charge in [-0.15, -0.1) is 0 Å². The first-order valence-corrected chi connectivity index (χ1v) is 7.74. The van der Waals surface area contributed by atoms with E-state index in [0.29, 0.717) is 25.5 Å². The number of ether oxygens (including phenoxy) is 2. The van der Waals surface area contributed by atoms with E-state index in [-0.39, 0.29) is 11.9 Å². The molecule has 0 aliphatic carbocycles. The number of carbonyl (C=O) groups excluding carboxylic acids is 1. The zero-order valence-corrected chi connectivity index (χ0v) is 13.1. The normalized spacial score (nSPS) is 21.0. The van der Waals surface area contributed by atoms with Gasteiger partial charge in [0.25, 0.3) is 0 Å². The standard InChI is InChI=1S/C15H17BrN2O3/c16-12-7-10(8-13-15(12)21-6-5-20-13)1-2-14(19)18-4-3-11(17)9-18/h1-2,7-8,11H,3-6,9,17H2/b2-1+/t11-/m0/s1. The molecule has 6 heteroatoms. The average molecular weight is 353 g/mol. The van der Waals surface area contributed by atoms with E-state index in [0.717, 1.165) is 28.8 Å². The summed E-state index contributed by atoms with van der Waals surface area (Å²) in [5, 5.41) is 0. The van der Waals surface area contributed by atoms with Gasteiger partial charge >= 0.3 is 0 Å². The van der Waals surface area contributed by atoms with Crippen LogP contribution in [-0.2, 0) is 4.79 Å². The average Bonchev–Trinajstić information content (AvgIpc) is 2.91. The van der Waals surface area contributed by atoms with Crippen molar-refractivity contribution in [3.05, 3.63) is 28.2 Å². The number of benzene rings is 1. The summed E-state index contributed by atoms with van der Waals surface area (Å²) in [5.74, 6) is 1.41. The smallest absolute Gasteiger partial charge is 0.246 e. The van der Waals surface area contributed by atoms with Gasteiger partial charge in [-0.25, -0.2) is 0 Å². The quantitative estimate of drug-likeness (QED) is 0.824. The van der Waals surface area contributed by atoms with Gasteiger partial charge in [0.05, 0.1) is 4.47 Å². The number of amides is 1. The van der Waals surface area contributed by atoms with Gasteiger partial charge in [-0.3, -0.25) is 4.79 Å². The summed E-state index contributed by atoms with van der Waals surface area (Å²) in [6.45, 7) is 2.45. The highest BCUT2D eigenvalue weighted by Crippen LogP contribution is 2.38. The van der Waals surface area contributed by atoms with Gasteiger partial charge in [-0.1, -0.05) is 0 Å². The molecule has 1 saturated heterocycles. The Morgan fingerprint density at radius 2 is 2.19 bits per heavy atom. The maximum absolute atomic E-state index is 12.1. The molecule has 1 aromatic rings. The number of carbonyl (C=O) groups is 1. The van der Waals surface area contributed by atoms with Crippen molar-refractivity contribution < 1.29 is 14.3 Å². The third-order valence-electron chi connectivity index (χ3n) is 3.57. The van der Waals surface area contributed by atoms with E-state index in [2.05, 4.69) is 15.9 Å². The Bertz CT molecular complexity index is 589. The lowest BCUT2D eigenvalue weighted by Crippen LogP contribution is -2.30. The van der Waals surface area contributed by atoms with Gasteiger partial charge in [0.1, 0.15) is 13.2 Å². The number of nitrogens with zero attached hydrogens (tertiary/aromatic N) is 1. The summed E-state index contributed by atoms with van der Waals surface area (Å²) in [6.07, 6.45) is 4.24. The van der Waals surface area contributed by atoms with E-state index in [1.165, 1.54) is 0 Å². The molecule has 1 atom stereocenters. The van der Waals surface area contributed by atoms with Crippen molar-refractivity contribution >= 4 is 27.9 Å². The summed E-state index contributed by atoms with van der Waals surface area (Å²) in [6, 6.07) is 3.89. The van der Waals surface area contributed by atoms with Gasteiger partial charge in [0, 0.05) is 25.2 Å². The van der Waals surface area contributed by atoms with Gasteiger partial charge in [0.2, 0.25) is 5.91 Å². The SMILES string of the molecule is N[C@H]1CCN(C(=O)/C=C/c2cc(Br)c3c(c2)OCCO3)C1. The Hall–Kier alpha value is -1.53. The Morgan fingerprint density at radius 1 is 1.38 bits per heavy atom. The minimum atomic E-state index is -0.00559. The van der Waals surface area contributed by atoms with Crippen LogP contribution >= 0.6 is 15.9 Å². The van der Waals surface area contributed by atoms with E-state index in [1.807, 2.05) is 12.1 Å². The van der Waals surface area contributed by atoms with Crippen LogP contribution in [0.3, 0.4) is 0 Å². The second-order valence-electron chi connectivity index (χ2n) is 5.19. The fourth-order valence-corrected chi connectivity index (χ4v) is 3.06. The Kier molecular flexibility index (Phi) is 4.17. The second-order valence-corrected chi connectivity index (χ2v) is 6.05. The minimum Gasteiger partial charge on any atom is -0.486 e. The molecule has 0 unspecified atom stereocenters. The highest BCUT2D eigenvalue weighted by molar-refractivity contribution is 9.10. The molecule has 0 saturated carbocycles. The fraction of sp³-hybridized carbons (Fsp3) is 0.400. The Morgan fingerprint density at radius 3 is 2.95 bits per heavy atom. The van der Waals surface area contributed by atoms with Gasteiger partial charge in [-0.05, 0) is 46.1 Å². The number of hydrogen-bond acceptors (Lipinski definition) is 4. The van der Waals surface area contributed by atoms with Gasteiger partial charge < -0.3 is 20.1 Å². The molecule has 2 aliphatic rings. The third kappa shape index (κ3) is 3.22. The minimum absolute atomic E-state index is 0.00559. The number of fused-ring (bicyclic) bond motifs is 1. The van der Waals surface area contributed by atoms with Crippen molar-refractivity contribution in [3.8, 4) is 11.5 Å². The summed E-state index contributed by atoms with van der Waals surface area (Å²) in [5.41, 5.74) is 6.70. The molecular formula is C15H17BrN2O3. The zero-order chi connectivity index (χ0) is 14.8. The number of rotatable bonds is 2. The van der Waals surface area contributed by atoms with Crippen LogP contribution in [0.15, 0.2) is 22.7 Å². The first-order valence-electron chi connectivity index (χ1n) is 6.95. The lowest BCUT2D eigenvalue weighted by molar-refractivity contribution is -0.124. The van der Waals surface area contributed by atoms with Crippen molar-refractivity contribution in [1.82, 2.24) is 4.90 Å². The molecule has 1 aromatic carbocycles. The van der Waals surface area contributed by atoms with Crippen LogP contribution in [0.25, 0.3) is 6.08 Å². The summed E-state index contributed by atoms with van der Waals surface area (Å²) < 4.78 is 11.9. The summed E-state index contributed by atoms with van der Waals surface area (Å²) in [4.78, 5) is 13.8. The molecule has 0 radical (unpaired) electrons. The van der Waals surface area contributed by atoms with Crippen molar-refractivity contribution in [1.29, 1.82) is 0 Å². The summed E-state index contributed by atoms with van der Waals surface area (Å²) >= 11 is 3.46. The number of halogens is 1. The molecule has 0 aromatic heterocycles. The Labute approximate surface area is 131 Å². The van der Waals surface area contributed by atoms with Crippen LogP contribution in [-0.4, -0.2) is 43.2 Å². The second kappa shape index (κ2) is 6.07. The van der Waals surface area contributed by atoms with E-state index in [4.69, 9.17) is 15.2 Å². The van der Waals surface area contributed by atoms with Crippen LogP contribution in [0.1, 0.15) is 12.0 Å². The topological polar surface area (TPSA) is 64.8 Å². The molecule has 21 heavy (non-hydrogen) atoms. The van der Waals surface area contributed by atoms with E-state index < -0.39 is 0 Å². The van der Waals surface area contributed by atoms with Crippen molar-refractivity contribution in [2.75, 3.05) is 26.3 Å². The highest BCUT2D eigenvalue weighted by Gasteiger charge is 2.22. The van der Waals surface area contributed by atoms with Gasteiger partial charge in [0.15, 0.2) is 11.5 Å². The van der Waals surface area contributed by atoms with Crippen molar-refractivity contribution in [3.63, 3.8) is 0 Å². The summed E-state index contributed by atoms with van der Waals surface area (Å²) in [7, 11) is 0. The number of hydrogen-bond donors (Lipinski definition) is 1. The largest absolute Gasteiger partial charge is 0.486 e. The highest BCUT2D eigenvalue weighted by atomic mass is 79.9. The lowest BCUT2D eigenvalue weighted by atomic mass is 10.1. The fourth-order valence-electron chi connectivity index (χ4n) is 2.49. The molecule has 3 rings (SSSR count). The Balaban J connectivity index is 1.74. The molecule has 2 N–H and O–H groups in total. The van der Waals surface area contributed by atoms with Crippen LogP contribution in [0.4, 0.5) is 0 Å². The van der Waals surface area contributed by atoms with Crippen LogP contribution in [0.5, 0.6) is 11.5 Å².